The van der Waals surface area contributed by atoms with Crippen molar-refractivity contribution >= 4 is 11.9 Å². The first-order valence-electron chi connectivity index (χ1n) is 31.8. The summed E-state index contributed by atoms with van der Waals surface area (Å²) in [4.78, 5) is 25.8. The van der Waals surface area contributed by atoms with E-state index in [1.54, 1.807) is 40.2 Å². The monoisotopic (exact) mass is 1190 g/mol. The van der Waals surface area contributed by atoms with Crippen molar-refractivity contribution in [2.45, 2.75) is 256 Å². The fourth-order valence-corrected chi connectivity index (χ4v) is 16.5. The molecule has 25 atom stereocenters. The van der Waals surface area contributed by atoms with Crippen LogP contribution in [0.4, 0.5) is 0 Å². The minimum absolute atomic E-state index is 0.0317. The summed E-state index contributed by atoms with van der Waals surface area (Å²) >= 11 is 0. The highest BCUT2D eigenvalue weighted by atomic mass is 16.7. The Labute approximate surface area is 503 Å². The van der Waals surface area contributed by atoms with Crippen LogP contribution in [0.3, 0.4) is 0 Å². The average molecular weight is 1190 g/mol. The lowest BCUT2D eigenvalue weighted by molar-refractivity contribution is -0.318. The van der Waals surface area contributed by atoms with E-state index in [9.17, 15) is 30.0 Å². The lowest BCUT2D eigenvalue weighted by Gasteiger charge is -2.50. The largest absolute Gasteiger partial charge is 0.508 e. The Morgan fingerprint density at radius 2 is 1.62 bits per heavy atom. The number of methoxy groups -OCH3 is 2. The number of hydrogen-bond donors (Lipinski definition) is 4. The number of hydrogen-bond acceptors (Lipinski definition) is 17. The van der Waals surface area contributed by atoms with Gasteiger partial charge in [0.15, 0.2) is 18.4 Å². The second kappa shape index (κ2) is 26.3. The van der Waals surface area contributed by atoms with E-state index in [1.165, 1.54) is 37.3 Å². The molecule has 0 aromatic heterocycles. The summed E-state index contributed by atoms with van der Waals surface area (Å²) < 4.78 is 69.3. The van der Waals surface area contributed by atoms with Gasteiger partial charge in [-0.1, -0.05) is 83.6 Å². The van der Waals surface area contributed by atoms with Gasteiger partial charge in [0.2, 0.25) is 0 Å². The van der Waals surface area contributed by atoms with E-state index in [0.717, 1.165) is 31.3 Å². The van der Waals surface area contributed by atoms with Crippen LogP contribution in [0, 0.1) is 40.9 Å². The van der Waals surface area contributed by atoms with Gasteiger partial charge in [-0.2, -0.15) is 0 Å². The number of phenolic OH excluding ortho intramolecular Hbond substituents is 1. The number of fused-ring (bicyclic) bond motifs is 7. The van der Waals surface area contributed by atoms with Gasteiger partial charge >= 0.3 is 11.9 Å². The third-order valence-corrected chi connectivity index (χ3v) is 21.4. The number of ether oxygens (including phenoxy) is 11. The summed E-state index contributed by atoms with van der Waals surface area (Å²) in [6, 6.07) is 5.93. The van der Waals surface area contributed by atoms with E-state index < -0.39 is 90.8 Å². The topological polar surface area (TPSA) is 217 Å². The maximum absolute atomic E-state index is 14.3. The summed E-state index contributed by atoms with van der Waals surface area (Å²) in [6.07, 6.45) is 15.4. The number of aryl methyl sites for hydroxylation is 1. The third kappa shape index (κ3) is 13.0. The highest BCUT2D eigenvalue weighted by Gasteiger charge is 2.61. The minimum Gasteiger partial charge on any atom is -0.508 e. The molecule has 0 amide bonds. The standard InChI is InChI=1S/C48H72O14.C20H26O3/c1-11-25(2)43-28(5)17-18-47(62-43)23-34-20-33(61-47)16-15-27(4)42(26(3)13-12-14-32-24-55-45-40(49)29(6)19-35(46(51)58-34)48(32,45)52)59-39-22-37(54-10)44(31(8)57-39)60-38-21-36(53-9)41(50)30(7)56-38;1-12(21)23-19-8-7-18-17-5-3-13-11-14(22)4-6-15(13)16(17)9-10-20(18,19)2/h12-15,17-19,25-26,28,30-31,33-45,49-50,52H,11,16,20-24H2,1-10H3;4,6,11,16-19,22H,3,5,7-10H2,1-2H3. The molecule has 17 heteroatoms. The zero-order chi connectivity index (χ0) is 60.9. The molecule has 1 aromatic carbocycles. The molecule has 10 aliphatic rings. The van der Waals surface area contributed by atoms with Gasteiger partial charge in [0.25, 0.3) is 0 Å². The molecule has 85 heavy (non-hydrogen) atoms. The van der Waals surface area contributed by atoms with Crippen molar-refractivity contribution in [3.8, 4) is 5.75 Å². The Morgan fingerprint density at radius 1 is 0.882 bits per heavy atom. The number of carbonyl (C=O) groups is 2. The quantitative estimate of drug-likeness (QED) is 0.134. The highest BCUT2D eigenvalue weighted by Crippen LogP contribution is 2.62. The van der Waals surface area contributed by atoms with Crippen molar-refractivity contribution in [3.05, 3.63) is 88.6 Å². The summed E-state index contributed by atoms with van der Waals surface area (Å²) in [5.41, 5.74) is 3.08. The minimum atomic E-state index is -1.84. The fraction of sp³-hybridized carbons (Fsp3) is 0.735. The average Bonchev–Trinajstić information content (AvgIpc) is 2.16. The Kier molecular flexibility index (Phi) is 19.9. The molecule has 6 heterocycles. The molecule has 1 spiro atoms. The molecule has 25 unspecified atom stereocenters. The predicted octanol–water partition coefficient (Wildman–Crippen LogP) is 9.56. The van der Waals surface area contributed by atoms with Crippen molar-refractivity contribution in [3.63, 3.8) is 0 Å². The number of benzene rings is 1. The first kappa shape index (κ1) is 64.2. The van der Waals surface area contributed by atoms with E-state index >= 15 is 0 Å². The van der Waals surface area contributed by atoms with E-state index in [-0.39, 0.29) is 60.2 Å². The van der Waals surface area contributed by atoms with Crippen LogP contribution in [0.15, 0.2) is 77.5 Å². The number of aromatic hydroxyl groups is 1. The molecule has 2 saturated carbocycles. The summed E-state index contributed by atoms with van der Waals surface area (Å²) in [5.74, 6) is -0.332. The normalized spacial score (nSPS) is 44.6. The highest BCUT2D eigenvalue weighted by molar-refractivity contribution is 5.78. The van der Waals surface area contributed by atoms with Gasteiger partial charge in [-0.15, -0.1) is 0 Å². The van der Waals surface area contributed by atoms with Crippen molar-refractivity contribution in [2.24, 2.45) is 40.9 Å². The van der Waals surface area contributed by atoms with Gasteiger partial charge in [-0.25, -0.2) is 0 Å². The van der Waals surface area contributed by atoms with E-state index in [1.807, 2.05) is 44.2 Å². The molecule has 17 nitrogen and oxygen atoms in total. The number of aliphatic hydroxyl groups is 3. The summed E-state index contributed by atoms with van der Waals surface area (Å²) in [5, 5.41) is 44.0. The summed E-state index contributed by atoms with van der Waals surface area (Å²) in [7, 11) is 3.22. The second-order valence-electron chi connectivity index (χ2n) is 27.0. The molecule has 1 aromatic rings. The van der Waals surface area contributed by atoms with Crippen LogP contribution in [0.25, 0.3) is 0 Å². The van der Waals surface area contributed by atoms with Gasteiger partial charge in [0.05, 0.1) is 49.3 Å². The van der Waals surface area contributed by atoms with Crippen LogP contribution in [0.2, 0.25) is 0 Å². The smallest absolute Gasteiger partial charge is 0.316 e. The van der Waals surface area contributed by atoms with Crippen LogP contribution in [-0.4, -0.2) is 157 Å². The van der Waals surface area contributed by atoms with Crippen molar-refractivity contribution in [1.82, 2.24) is 0 Å². The Balaban J connectivity index is 0.000000288. The maximum atomic E-state index is 14.3. The predicted molar refractivity (Wildman–Crippen MR) is 316 cm³/mol. The number of phenols is 1. The van der Waals surface area contributed by atoms with Crippen molar-refractivity contribution in [1.29, 1.82) is 0 Å². The van der Waals surface area contributed by atoms with Gasteiger partial charge in [0.1, 0.15) is 53.9 Å². The number of aliphatic hydroxyl groups excluding tert-OH is 2. The number of esters is 2. The molecule has 2 bridgehead atoms. The molecule has 6 fully saturated rings. The first-order valence-corrected chi connectivity index (χ1v) is 31.8. The SMILES string of the molecule is CC(=O)OC1CCC2C3CCc4cc(O)ccc4C3CCC12C.CCC(C)C1OC2(C=CC1C)CC1CC(CC=C(C)C(OC3CC(OC)C(OC4CC(OC)C(O)C(C)O4)C(C)O3)C(C)C=CC=C3COC4C(O)C(C)=CC(C(=O)O1)C34O)O2. The van der Waals surface area contributed by atoms with E-state index in [0.29, 0.717) is 66.8 Å². The molecule has 4 aliphatic carbocycles. The molecule has 6 aliphatic heterocycles. The molecule has 4 N–H and O–H groups in total. The number of rotatable bonds is 9. The Morgan fingerprint density at radius 3 is 2.36 bits per heavy atom. The first-order chi connectivity index (χ1) is 40.5. The van der Waals surface area contributed by atoms with Crippen LogP contribution >= 0.6 is 0 Å². The lowest BCUT2D eigenvalue weighted by atomic mass is 9.55. The van der Waals surface area contributed by atoms with Crippen LogP contribution in [0.1, 0.15) is 157 Å². The molecule has 4 saturated heterocycles. The molecular weight excluding hydrogens is 1090 g/mol. The van der Waals surface area contributed by atoms with Gasteiger partial charge in [-0.3, -0.25) is 9.59 Å². The lowest BCUT2D eigenvalue weighted by Crippen LogP contribution is -2.58. The van der Waals surface area contributed by atoms with Crippen LogP contribution in [0.5, 0.6) is 5.75 Å². The molecule has 0 radical (unpaired) electrons. The van der Waals surface area contributed by atoms with Crippen LogP contribution < -0.4 is 0 Å². The fourth-order valence-electron chi connectivity index (χ4n) is 16.5. The third-order valence-electron chi connectivity index (χ3n) is 21.4. The van der Waals surface area contributed by atoms with Gasteiger partial charge in [-0.05, 0) is 142 Å². The molecular formula is C68H98O17. The Bertz CT molecular complexity index is 2680. The summed E-state index contributed by atoms with van der Waals surface area (Å²) in [6.45, 7) is 20.0. The van der Waals surface area contributed by atoms with E-state index in [2.05, 4.69) is 52.8 Å². The Hall–Kier alpha value is -3.82. The number of allylic oxidation sites excluding steroid dienone is 2. The second-order valence-corrected chi connectivity index (χ2v) is 27.0. The van der Waals surface area contributed by atoms with E-state index in [4.69, 9.17) is 52.1 Å². The molecule has 11 rings (SSSR count). The van der Waals surface area contributed by atoms with Crippen LogP contribution in [-0.2, 0) is 68.1 Å². The maximum Gasteiger partial charge on any atom is 0.316 e. The molecule has 472 valence electrons. The zero-order valence-electron chi connectivity index (χ0n) is 52.3. The van der Waals surface area contributed by atoms with Gasteiger partial charge in [0, 0.05) is 64.1 Å². The van der Waals surface area contributed by atoms with Crippen molar-refractivity contribution in [2.75, 3.05) is 20.8 Å². The van der Waals surface area contributed by atoms with Gasteiger partial charge < -0.3 is 72.5 Å². The van der Waals surface area contributed by atoms with Crippen molar-refractivity contribution < 1.29 is 82.1 Å². The zero-order valence-corrected chi connectivity index (χ0v) is 52.3. The number of carbonyl (C=O) groups excluding carboxylic acids is 2.